The predicted octanol–water partition coefficient (Wildman–Crippen LogP) is 3.18. The Hall–Kier alpha value is -3.74. The van der Waals surface area contributed by atoms with E-state index in [2.05, 4.69) is 0 Å². The maximum absolute atomic E-state index is 13.2. The number of amides is 1. The SMILES string of the molecule is COc1cc2c(cc1OC)CN(C(=O)c1cc(=O)c(OCc3ccccc3)cn1C)CC2. The Bertz CT molecular complexity index is 1190. The Balaban J connectivity index is 1.52. The number of hydrogen-bond acceptors (Lipinski definition) is 5. The molecule has 3 aromatic rings. The summed E-state index contributed by atoms with van der Waals surface area (Å²) in [5, 5.41) is 0. The van der Waals surface area contributed by atoms with E-state index in [-0.39, 0.29) is 23.7 Å². The minimum absolute atomic E-state index is 0.195. The summed E-state index contributed by atoms with van der Waals surface area (Å²) in [5.41, 5.74) is 3.12. The number of ether oxygens (including phenoxy) is 3. The fourth-order valence-corrected chi connectivity index (χ4v) is 3.88. The first kappa shape index (κ1) is 21.5. The van der Waals surface area contributed by atoms with Gasteiger partial charge in [0.25, 0.3) is 5.91 Å². The number of hydrogen-bond donors (Lipinski definition) is 0. The Kier molecular flexibility index (Phi) is 6.16. The van der Waals surface area contributed by atoms with Crippen LogP contribution in [0.4, 0.5) is 0 Å². The van der Waals surface area contributed by atoms with Crippen LogP contribution in [0.25, 0.3) is 0 Å². The van der Waals surface area contributed by atoms with Gasteiger partial charge in [0.2, 0.25) is 5.43 Å². The van der Waals surface area contributed by atoms with Crippen molar-refractivity contribution in [1.82, 2.24) is 9.47 Å². The average Bonchev–Trinajstić information content (AvgIpc) is 2.83. The Morgan fingerprint density at radius 3 is 2.34 bits per heavy atom. The molecular weight excluding hydrogens is 408 g/mol. The number of carbonyl (C=O) groups excluding carboxylic acids is 1. The summed E-state index contributed by atoms with van der Waals surface area (Å²) in [6.45, 7) is 1.29. The molecule has 0 N–H and O–H groups in total. The van der Waals surface area contributed by atoms with Gasteiger partial charge >= 0.3 is 0 Å². The molecule has 0 saturated heterocycles. The lowest BCUT2D eigenvalue weighted by atomic mass is 9.98. The number of nitrogens with zero attached hydrogens (tertiary/aromatic N) is 2. The van der Waals surface area contributed by atoms with Crippen LogP contribution in [0.15, 0.2) is 59.5 Å². The summed E-state index contributed by atoms with van der Waals surface area (Å²) in [5.74, 6) is 1.33. The molecule has 0 spiro atoms. The highest BCUT2D eigenvalue weighted by Gasteiger charge is 2.25. The van der Waals surface area contributed by atoms with Crippen molar-refractivity contribution in [3.8, 4) is 17.2 Å². The van der Waals surface area contributed by atoms with E-state index in [1.54, 1.807) is 36.9 Å². The average molecular weight is 434 g/mol. The van der Waals surface area contributed by atoms with Crippen LogP contribution in [-0.4, -0.2) is 36.1 Å². The number of fused-ring (bicyclic) bond motifs is 1. The molecule has 1 aromatic heterocycles. The van der Waals surface area contributed by atoms with Crippen molar-refractivity contribution < 1.29 is 19.0 Å². The highest BCUT2D eigenvalue weighted by molar-refractivity contribution is 5.92. The van der Waals surface area contributed by atoms with Crippen LogP contribution in [0, 0.1) is 0 Å². The minimum Gasteiger partial charge on any atom is -0.493 e. The second-order valence-corrected chi connectivity index (χ2v) is 7.72. The lowest BCUT2D eigenvalue weighted by Crippen LogP contribution is -2.37. The molecule has 2 aromatic carbocycles. The first-order valence-electron chi connectivity index (χ1n) is 10.4. The third-order valence-electron chi connectivity index (χ3n) is 5.66. The second kappa shape index (κ2) is 9.18. The van der Waals surface area contributed by atoms with Gasteiger partial charge < -0.3 is 23.7 Å². The molecule has 166 valence electrons. The lowest BCUT2D eigenvalue weighted by Gasteiger charge is -2.30. The summed E-state index contributed by atoms with van der Waals surface area (Å²) in [6.07, 6.45) is 2.28. The van der Waals surface area contributed by atoms with Gasteiger partial charge in [-0.25, -0.2) is 0 Å². The van der Waals surface area contributed by atoms with Gasteiger partial charge in [0.05, 0.1) is 20.4 Å². The molecule has 0 radical (unpaired) electrons. The molecule has 0 saturated carbocycles. The van der Waals surface area contributed by atoms with Crippen molar-refractivity contribution in [3.05, 3.63) is 87.3 Å². The monoisotopic (exact) mass is 434 g/mol. The fraction of sp³-hybridized carbons (Fsp3) is 0.280. The number of benzene rings is 2. The van der Waals surface area contributed by atoms with Crippen LogP contribution in [0.3, 0.4) is 0 Å². The second-order valence-electron chi connectivity index (χ2n) is 7.72. The van der Waals surface area contributed by atoms with Crippen molar-refractivity contribution in [1.29, 1.82) is 0 Å². The van der Waals surface area contributed by atoms with Crippen LogP contribution in [-0.2, 0) is 26.6 Å². The predicted molar refractivity (Wildman–Crippen MR) is 120 cm³/mol. The van der Waals surface area contributed by atoms with Gasteiger partial charge in [-0.1, -0.05) is 30.3 Å². The molecule has 1 aliphatic heterocycles. The third-order valence-corrected chi connectivity index (χ3v) is 5.66. The molecule has 1 amide bonds. The Morgan fingerprint density at radius 2 is 1.66 bits per heavy atom. The van der Waals surface area contributed by atoms with E-state index < -0.39 is 0 Å². The van der Waals surface area contributed by atoms with Crippen LogP contribution in [0.5, 0.6) is 17.2 Å². The smallest absolute Gasteiger partial charge is 0.270 e. The fourth-order valence-electron chi connectivity index (χ4n) is 3.88. The van der Waals surface area contributed by atoms with Crippen molar-refractivity contribution in [2.24, 2.45) is 7.05 Å². The highest BCUT2D eigenvalue weighted by Crippen LogP contribution is 2.33. The molecule has 7 nitrogen and oxygen atoms in total. The third kappa shape index (κ3) is 4.32. The van der Waals surface area contributed by atoms with E-state index in [1.165, 1.54) is 6.07 Å². The first-order chi connectivity index (χ1) is 15.5. The zero-order chi connectivity index (χ0) is 22.7. The number of rotatable bonds is 6. The van der Waals surface area contributed by atoms with Crippen LogP contribution in [0.1, 0.15) is 27.2 Å². The zero-order valence-corrected chi connectivity index (χ0v) is 18.5. The summed E-state index contributed by atoms with van der Waals surface area (Å²) >= 11 is 0. The van der Waals surface area contributed by atoms with Crippen LogP contribution >= 0.6 is 0 Å². The molecule has 1 aliphatic rings. The lowest BCUT2D eigenvalue weighted by molar-refractivity contribution is 0.0723. The summed E-state index contributed by atoms with van der Waals surface area (Å²) in [6, 6.07) is 14.9. The first-order valence-corrected chi connectivity index (χ1v) is 10.4. The molecule has 0 atom stereocenters. The molecule has 0 unspecified atom stereocenters. The molecule has 0 fully saturated rings. The van der Waals surface area contributed by atoms with Gasteiger partial charge in [-0.2, -0.15) is 0 Å². The molecule has 32 heavy (non-hydrogen) atoms. The molecule has 0 aliphatic carbocycles. The molecule has 4 rings (SSSR count). The summed E-state index contributed by atoms with van der Waals surface area (Å²) in [7, 11) is 4.94. The molecule has 2 heterocycles. The van der Waals surface area contributed by atoms with Gasteiger partial charge in [-0.3, -0.25) is 9.59 Å². The topological polar surface area (TPSA) is 70.0 Å². The number of carbonyl (C=O) groups is 1. The van der Waals surface area contributed by atoms with Gasteiger partial charge in [-0.05, 0) is 35.2 Å². The molecular formula is C25H26N2O5. The van der Waals surface area contributed by atoms with E-state index in [4.69, 9.17) is 14.2 Å². The number of pyridine rings is 1. The number of aromatic nitrogens is 1. The highest BCUT2D eigenvalue weighted by atomic mass is 16.5. The van der Waals surface area contributed by atoms with E-state index in [0.717, 1.165) is 16.7 Å². The zero-order valence-electron chi connectivity index (χ0n) is 18.5. The number of aryl methyl sites for hydroxylation is 1. The Morgan fingerprint density at radius 1 is 0.969 bits per heavy atom. The van der Waals surface area contributed by atoms with Gasteiger partial charge in [0.1, 0.15) is 12.3 Å². The normalized spacial score (nSPS) is 12.8. The minimum atomic E-state index is -0.314. The van der Waals surface area contributed by atoms with E-state index in [1.807, 2.05) is 42.5 Å². The van der Waals surface area contributed by atoms with E-state index in [9.17, 15) is 9.59 Å². The van der Waals surface area contributed by atoms with E-state index >= 15 is 0 Å². The maximum atomic E-state index is 13.2. The van der Waals surface area contributed by atoms with Gasteiger partial charge in [0.15, 0.2) is 17.2 Å². The van der Waals surface area contributed by atoms with Crippen molar-refractivity contribution in [2.75, 3.05) is 20.8 Å². The maximum Gasteiger partial charge on any atom is 0.270 e. The summed E-state index contributed by atoms with van der Waals surface area (Å²) < 4.78 is 18.1. The molecule has 0 bridgehead atoms. The quantitative estimate of drug-likeness (QED) is 0.596. The summed E-state index contributed by atoms with van der Waals surface area (Å²) in [4.78, 5) is 27.6. The van der Waals surface area contributed by atoms with Crippen molar-refractivity contribution in [3.63, 3.8) is 0 Å². The van der Waals surface area contributed by atoms with E-state index in [0.29, 0.717) is 36.7 Å². The van der Waals surface area contributed by atoms with Crippen LogP contribution < -0.4 is 19.6 Å². The Labute approximate surface area is 186 Å². The number of methoxy groups -OCH3 is 2. The van der Waals surface area contributed by atoms with Crippen molar-refractivity contribution >= 4 is 5.91 Å². The standard InChI is InChI=1S/C25H26N2O5/c1-26-15-24(32-16-17-7-5-4-6-8-17)21(28)13-20(26)25(29)27-10-9-18-11-22(30-2)23(31-3)12-19(18)14-27/h4-8,11-13,15H,9-10,14,16H2,1-3H3. The molecule has 7 heteroatoms. The van der Waals surface area contributed by atoms with Crippen molar-refractivity contribution in [2.45, 2.75) is 19.6 Å². The van der Waals surface area contributed by atoms with Gasteiger partial charge in [0, 0.05) is 26.2 Å². The van der Waals surface area contributed by atoms with Crippen LogP contribution in [0.2, 0.25) is 0 Å². The van der Waals surface area contributed by atoms with Gasteiger partial charge in [-0.15, -0.1) is 0 Å². The largest absolute Gasteiger partial charge is 0.493 e.